The summed E-state index contributed by atoms with van der Waals surface area (Å²) in [7, 11) is 0. The first-order valence-corrected chi connectivity index (χ1v) is 8.74. The number of nitriles is 1. The molecular formula is C23H20N2O2. The number of hydrogen-bond acceptors (Lipinski definition) is 3. The first kappa shape index (κ1) is 18.2. The Morgan fingerprint density at radius 2 is 1.74 bits per heavy atom. The third kappa shape index (κ3) is 4.53. The van der Waals surface area contributed by atoms with Gasteiger partial charge in [0.1, 0.15) is 17.4 Å². The fourth-order valence-corrected chi connectivity index (χ4v) is 2.75. The SMILES string of the molecule is CC(C)Oc1ccc(/C=C(\C#N)C(=O)Nc2cccc3ccccc23)cc1. The van der Waals surface area contributed by atoms with E-state index in [0.29, 0.717) is 5.69 Å². The number of ether oxygens (including phenoxy) is 1. The number of carbonyl (C=O) groups excluding carboxylic acids is 1. The molecule has 0 radical (unpaired) electrons. The first-order chi connectivity index (χ1) is 13.1. The van der Waals surface area contributed by atoms with Gasteiger partial charge in [-0.15, -0.1) is 0 Å². The summed E-state index contributed by atoms with van der Waals surface area (Å²) in [6, 6.07) is 22.7. The second-order valence-corrected chi connectivity index (χ2v) is 6.39. The maximum atomic E-state index is 12.6. The van der Waals surface area contributed by atoms with Crippen LogP contribution in [0, 0.1) is 11.3 Å². The van der Waals surface area contributed by atoms with Gasteiger partial charge in [0.05, 0.1) is 6.10 Å². The minimum absolute atomic E-state index is 0.0421. The van der Waals surface area contributed by atoms with Gasteiger partial charge in [-0.3, -0.25) is 4.79 Å². The van der Waals surface area contributed by atoms with Crippen molar-refractivity contribution >= 4 is 28.4 Å². The van der Waals surface area contributed by atoms with Crippen LogP contribution in [0.5, 0.6) is 5.75 Å². The van der Waals surface area contributed by atoms with Gasteiger partial charge in [0, 0.05) is 11.1 Å². The molecule has 27 heavy (non-hydrogen) atoms. The van der Waals surface area contributed by atoms with E-state index < -0.39 is 5.91 Å². The largest absolute Gasteiger partial charge is 0.491 e. The molecule has 0 spiro atoms. The van der Waals surface area contributed by atoms with Gasteiger partial charge < -0.3 is 10.1 Å². The molecule has 0 unspecified atom stereocenters. The smallest absolute Gasteiger partial charge is 0.266 e. The molecule has 4 heteroatoms. The molecule has 3 aromatic carbocycles. The number of amides is 1. The number of hydrogen-bond donors (Lipinski definition) is 1. The summed E-state index contributed by atoms with van der Waals surface area (Å²) >= 11 is 0. The van der Waals surface area contributed by atoms with Crippen LogP contribution in [-0.4, -0.2) is 12.0 Å². The first-order valence-electron chi connectivity index (χ1n) is 8.74. The Hall–Kier alpha value is -3.58. The third-order valence-electron chi connectivity index (χ3n) is 3.97. The van der Waals surface area contributed by atoms with Gasteiger partial charge >= 0.3 is 0 Å². The number of carbonyl (C=O) groups is 1. The lowest BCUT2D eigenvalue weighted by molar-refractivity contribution is -0.112. The summed E-state index contributed by atoms with van der Waals surface area (Å²) in [6.45, 7) is 3.92. The zero-order chi connectivity index (χ0) is 19.2. The van der Waals surface area contributed by atoms with E-state index in [1.54, 1.807) is 6.08 Å². The fraction of sp³-hybridized carbons (Fsp3) is 0.130. The molecule has 1 amide bonds. The molecule has 1 N–H and O–H groups in total. The minimum Gasteiger partial charge on any atom is -0.491 e. The van der Waals surface area contributed by atoms with Crippen molar-refractivity contribution in [2.24, 2.45) is 0 Å². The summed E-state index contributed by atoms with van der Waals surface area (Å²) in [5.41, 5.74) is 1.48. The van der Waals surface area contributed by atoms with Gasteiger partial charge in [-0.25, -0.2) is 0 Å². The Kier molecular flexibility index (Phi) is 5.53. The highest BCUT2D eigenvalue weighted by atomic mass is 16.5. The molecule has 0 aromatic heterocycles. The number of benzene rings is 3. The lowest BCUT2D eigenvalue weighted by Crippen LogP contribution is -2.13. The Balaban J connectivity index is 1.81. The van der Waals surface area contributed by atoms with Gasteiger partial charge in [-0.05, 0) is 49.1 Å². The quantitative estimate of drug-likeness (QED) is 0.506. The monoisotopic (exact) mass is 356 g/mol. The zero-order valence-corrected chi connectivity index (χ0v) is 15.3. The van der Waals surface area contributed by atoms with Crippen LogP contribution in [0.1, 0.15) is 19.4 Å². The van der Waals surface area contributed by atoms with Crippen molar-refractivity contribution in [1.29, 1.82) is 5.26 Å². The summed E-state index contributed by atoms with van der Waals surface area (Å²) < 4.78 is 5.60. The van der Waals surface area contributed by atoms with Crippen molar-refractivity contribution in [2.75, 3.05) is 5.32 Å². The minimum atomic E-state index is -0.434. The Labute approximate surface area is 158 Å². The van der Waals surface area contributed by atoms with E-state index in [1.165, 1.54) is 0 Å². The van der Waals surface area contributed by atoms with Gasteiger partial charge in [0.15, 0.2) is 0 Å². The Morgan fingerprint density at radius 1 is 1.04 bits per heavy atom. The van der Waals surface area contributed by atoms with Crippen LogP contribution in [0.3, 0.4) is 0 Å². The fourth-order valence-electron chi connectivity index (χ4n) is 2.75. The van der Waals surface area contributed by atoms with E-state index in [9.17, 15) is 10.1 Å². The standard InChI is InChI=1S/C23H20N2O2/c1-16(2)27-20-12-10-17(11-13-20)14-19(15-24)23(26)25-22-9-5-7-18-6-3-4-8-21(18)22/h3-14,16H,1-2H3,(H,25,26)/b19-14+. The van der Waals surface area contributed by atoms with Crippen molar-refractivity contribution in [3.8, 4) is 11.8 Å². The molecule has 0 saturated carbocycles. The van der Waals surface area contributed by atoms with Gasteiger partial charge in [-0.2, -0.15) is 5.26 Å². The highest BCUT2D eigenvalue weighted by Gasteiger charge is 2.11. The molecule has 3 aromatic rings. The molecule has 0 bridgehead atoms. The second kappa shape index (κ2) is 8.20. The summed E-state index contributed by atoms with van der Waals surface area (Å²) in [4.78, 5) is 12.6. The van der Waals surface area contributed by atoms with Crippen molar-refractivity contribution in [1.82, 2.24) is 0 Å². The predicted octanol–water partition coefficient (Wildman–Crippen LogP) is 5.17. The van der Waals surface area contributed by atoms with Crippen LogP contribution < -0.4 is 10.1 Å². The zero-order valence-electron chi connectivity index (χ0n) is 15.3. The van der Waals surface area contributed by atoms with Gasteiger partial charge in [0.25, 0.3) is 5.91 Å². The van der Waals surface area contributed by atoms with Crippen LogP contribution in [0.2, 0.25) is 0 Å². The summed E-state index contributed by atoms with van der Waals surface area (Å²) in [6.07, 6.45) is 1.66. The summed E-state index contributed by atoms with van der Waals surface area (Å²) in [5.74, 6) is 0.317. The molecule has 3 rings (SSSR count). The normalized spacial score (nSPS) is 11.3. The lowest BCUT2D eigenvalue weighted by Gasteiger charge is -2.10. The predicted molar refractivity (Wildman–Crippen MR) is 108 cm³/mol. The number of fused-ring (bicyclic) bond motifs is 1. The van der Waals surface area contributed by atoms with Gasteiger partial charge in [0.2, 0.25) is 0 Å². The molecule has 0 saturated heterocycles. The molecule has 0 aliphatic heterocycles. The van der Waals surface area contributed by atoms with Crippen molar-refractivity contribution < 1.29 is 9.53 Å². The average Bonchev–Trinajstić information content (AvgIpc) is 2.67. The maximum absolute atomic E-state index is 12.6. The van der Waals surface area contributed by atoms with Gasteiger partial charge in [-0.1, -0.05) is 48.5 Å². The van der Waals surface area contributed by atoms with Crippen LogP contribution in [-0.2, 0) is 4.79 Å². The molecule has 0 heterocycles. The molecular weight excluding hydrogens is 336 g/mol. The van der Waals surface area contributed by atoms with Crippen molar-refractivity contribution in [3.63, 3.8) is 0 Å². The number of nitrogens with zero attached hydrogens (tertiary/aromatic N) is 1. The lowest BCUT2D eigenvalue weighted by atomic mass is 10.1. The number of nitrogens with one attached hydrogen (secondary N) is 1. The molecule has 0 fully saturated rings. The average molecular weight is 356 g/mol. The van der Waals surface area contributed by atoms with Crippen LogP contribution in [0.25, 0.3) is 16.8 Å². The molecule has 0 aliphatic rings. The van der Waals surface area contributed by atoms with Crippen LogP contribution in [0.4, 0.5) is 5.69 Å². The van der Waals surface area contributed by atoms with Crippen LogP contribution >= 0.6 is 0 Å². The van der Waals surface area contributed by atoms with E-state index in [-0.39, 0.29) is 11.7 Å². The third-order valence-corrected chi connectivity index (χ3v) is 3.97. The Morgan fingerprint density at radius 3 is 2.44 bits per heavy atom. The van der Waals surface area contributed by atoms with E-state index in [2.05, 4.69) is 5.32 Å². The molecule has 4 nitrogen and oxygen atoms in total. The number of rotatable bonds is 5. The van der Waals surface area contributed by atoms with E-state index in [4.69, 9.17) is 4.74 Å². The van der Waals surface area contributed by atoms with Crippen molar-refractivity contribution in [3.05, 3.63) is 77.9 Å². The maximum Gasteiger partial charge on any atom is 0.266 e. The molecule has 0 atom stereocenters. The number of anilines is 1. The Bertz CT molecular complexity index is 1020. The van der Waals surface area contributed by atoms with E-state index in [0.717, 1.165) is 22.1 Å². The summed E-state index contributed by atoms with van der Waals surface area (Å²) in [5, 5.41) is 14.2. The van der Waals surface area contributed by atoms with Crippen molar-refractivity contribution in [2.45, 2.75) is 20.0 Å². The highest BCUT2D eigenvalue weighted by Crippen LogP contribution is 2.23. The molecule has 134 valence electrons. The second-order valence-electron chi connectivity index (χ2n) is 6.39. The highest BCUT2D eigenvalue weighted by molar-refractivity contribution is 6.12. The van der Waals surface area contributed by atoms with E-state index in [1.807, 2.05) is 86.6 Å². The van der Waals surface area contributed by atoms with E-state index >= 15 is 0 Å². The molecule has 0 aliphatic carbocycles. The topological polar surface area (TPSA) is 62.1 Å². The van der Waals surface area contributed by atoms with Crippen LogP contribution in [0.15, 0.2) is 72.3 Å².